The monoisotopic (exact) mass is 426 g/mol. The van der Waals surface area contributed by atoms with E-state index >= 15 is 0 Å². The Hall–Kier alpha value is -3.30. The van der Waals surface area contributed by atoms with E-state index in [9.17, 15) is 19.1 Å². The zero-order valence-electron chi connectivity index (χ0n) is 17.0. The summed E-state index contributed by atoms with van der Waals surface area (Å²) >= 11 is 0. The van der Waals surface area contributed by atoms with Gasteiger partial charge in [0, 0.05) is 18.7 Å². The summed E-state index contributed by atoms with van der Waals surface area (Å²) in [6.45, 7) is 0.510. The van der Waals surface area contributed by atoms with Gasteiger partial charge in [-0.3, -0.25) is 18.8 Å². The second kappa shape index (κ2) is 8.83. The summed E-state index contributed by atoms with van der Waals surface area (Å²) in [6.07, 6.45) is -0.432. The molecule has 1 aromatic heterocycles. The number of aliphatic hydroxyl groups excluding tert-OH is 1. The second-order valence-corrected chi connectivity index (χ2v) is 7.59. The first-order valence-corrected chi connectivity index (χ1v) is 10.0. The van der Waals surface area contributed by atoms with E-state index in [0.717, 1.165) is 0 Å². The number of aromatic nitrogens is 2. The SMILES string of the molecule is CN(CC(O)Cn1c(-c2ccccc2)noc1=O)C1CCN(c2ccccc2F)C1=O. The van der Waals surface area contributed by atoms with Gasteiger partial charge < -0.3 is 10.0 Å². The van der Waals surface area contributed by atoms with E-state index in [1.54, 1.807) is 42.3 Å². The van der Waals surface area contributed by atoms with Crippen molar-refractivity contribution in [3.63, 3.8) is 0 Å². The Labute approximate surface area is 178 Å². The van der Waals surface area contributed by atoms with E-state index in [0.29, 0.717) is 24.4 Å². The highest BCUT2D eigenvalue weighted by molar-refractivity contribution is 5.99. The second-order valence-electron chi connectivity index (χ2n) is 7.59. The molecule has 31 heavy (non-hydrogen) atoms. The first-order chi connectivity index (χ1) is 15.0. The standard InChI is InChI=1S/C22H23FN4O4/c1-25(19-11-12-26(21(19)29)18-10-6-5-9-17(18)23)13-16(28)14-27-20(24-31-22(27)30)15-7-3-2-4-8-15/h2-10,16,19,28H,11-14H2,1H3. The molecule has 0 saturated carbocycles. The molecule has 2 unspecified atom stereocenters. The van der Waals surface area contributed by atoms with Crippen LogP contribution in [0.1, 0.15) is 6.42 Å². The molecule has 1 amide bonds. The maximum atomic E-state index is 14.1. The molecule has 1 fully saturated rings. The van der Waals surface area contributed by atoms with Gasteiger partial charge in [0.15, 0.2) is 5.82 Å². The lowest BCUT2D eigenvalue weighted by Crippen LogP contribution is -2.44. The highest BCUT2D eigenvalue weighted by Crippen LogP contribution is 2.26. The van der Waals surface area contributed by atoms with E-state index in [4.69, 9.17) is 4.52 Å². The molecule has 0 spiro atoms. The number of benzene rings is 2. The Kier molecular flexibility index (Phi) is 5.97. The third kappa shape index (κ3) is 4.28. The van der Waals surface area contributed by atoms with Crippen molar-refractivity contribution in [2.45, 2.75) is 25.1 Å². The maximum absolute atomic E-state index is 14.1. The fourth-order valence-corrected chi connectivity index (χ4v) is 3.94. The zero-order valence-corrected chi connectivity index (χ0v) is 17.0. The number of para-hydroxylation sites is 1. The van der Waals surface area contributed by atoms with E-state index in [-0.39, 0.29) is 24.7 Å². The van der Waals surface area contributed by atoms with Crippen molar-refractivity contribution in [3.8, 4) is 11.4 Å². The molecule has 4 rings (SSSR count). The molecule has 1 aliphatic heterocycles. The van der Waals surface area contributed by atoms with E-state index in [1.807, 2.05) is 18.2 Å². The number of likely N-dealkylation sites (N-methyl/N-ethyl adjacent to an activating group) is 1. The molecule has 0 radical (unpaired) electrons. The van der Waals surface area contributed by atoms with Crippen LogP contribution in [0.5, 0.6) is 0 Å². The Morgan fingerprint density at radius 2 is 1.90 bits per heavy atom. The molecule has 0 aliphatic carbocycles. The van der Waals surface area contributed by atoms with E-state index in [1.165, 1.54) is 15.5 Å². The van der Waals surface area contributed by atoms with Crippen LogP contribution in [-0.2, 0) is 11.3 Å². The van der Waals surface area contributed by atoms with Crippen LogP contribution >= 0.6 is 0 Å². The zero-order chi connectivity index (χ0) is 22.0. The molecule has 1 saturated heterocycles. The number of nitrogens with zero attached hydrogens (tertiary/aromatic N) is 4. The normalized spacial score (nSPS) is 17.5. The van der Waals surface area contributed by atoms with Gasteiger partial charge in [0.1, 0.15) is 5.82 Å². The van der Waals surface area contributed by atoms with E-state index in [2.05, 4.69) is 5.16 Å². The summed E-state index contributed by atoms with van der Waals surface area (Å²) in [5.41, 5.74) is 0.952. The van der Waals surface area contributed by atoms with Crippen molar-refractivity contribution in [1.82, 2.24) is 14.6 Å². The minimum absolute atomic E-state index is 0.0329. The van der Waals surface area contributed by atoms with Crippen molar-refractivity contribution < 1.29 is 18.8 Å². The first-order valence-electron chi connectivity index (χ1n) is 10.0. The highest BCUT2D eigenvalue weighted by atomic mass is 19.1. The predicted molar refractivity (Wildman–Crippen MR) is 112 cm³/mol. The molecule has 0 bridgehead atoms. The number of anilines is 1. The van der Waals surface area contributed by atoms with Crippen LogP contribution in [0, 0.1) is 5.82 Å². The number of halogens is 1. The van der Waals surface area contributed by atoms with Crippen LogP contribution in [0.2, 0.25) is 0 Å². The molecule has 8 nitrogen and oxygen atoms in total. The van der Waals surface area contributed by atoms with Gasteiger partial charge in [-0.1, -0.05) is 47.6 Å². The van der Waals surface area contributed by atoms with Crippen molar-refractivity contribution in [2.75, 3.05) is 25.0 Å². The molecule has 1 aliphatic rings. The third-order valence-electron chi connectivity index (χ3n) is 5.46. The number of aliphatic hydroxyl groups is 1. The van der Waals surface area contributed by atoms with Crippen LogP contribution in [-0.4, -0.2) is 57.9 Å². The van der Waals surface area contributed by atoms with Gasteiger partial charge in [0.05, 0.1) is 24.4 Å². The molecule has 9 heteroatoms. The van der Waals surface area contributed by atoms with Crippen LogP contribution in [0.4, 0.5) is 10.1 Å². The lowest BCUT2D eigenvalue weighted by atomic mass is 10.2. The molecular weight excluding hydrogens is 403 g/mol. The van der Waals surface area contributed by atoms with Gasteiger partial charge >= 0.3 is 5.76 Å². The summed E-state index contributed by atoms with van der Waals surface area (Å²) in [5.74, 6) is -0.996. The van der Waals surface area contributed by atoms with Crippen LogP contribution in [0.25, 0.3) is 11.4 Å². The Balaban J connectivity index is 1.43. The molecule has 2 atom stereocenters. The number of hydrogen-bond acceptors (Lipinski definition) is 6. The van der Waals surface area contributed by atoms with Crippen molar-refractivity contribution in [3.05, 3.63) is 71.0 Å². The molecule has 162 valence electrons. The van der Waals surface area contributed by atoms with Gasteiger partial charge in [-0.25, -0.2) is 9.18 Å². The lowest BCUT2D eigenvalue weighted by molar-refractivity contribution is -0.121. The quantitative estimate of drug-likeness (QED) is 0.619. The number of amides is 1. The highest BCUT2D eigenvalue weighted by Gasteiger charge is 2.36. The van der Waals surface area contributed by atoms with Crippen molar-refractivity contribution in [1.29, 1.82) is 0 Å². The fourth-order valence-electron chi connectivity index (χ4n) is 3.94. The minimum atomic E-state index is -0.945. The Morgan fingerprint density at radius 1 is 1.19 bits per heavy atom. The number of carbonyl (C=O) groups excluding carboxylic acids is 1. The third-order valence-corrected chi connectivity index (χ3v) is 5.46. The molecule has 2 heterocycles. The number of carbonyl (C=O) groups is 1. The largest absolute Gasteiger partial charge is 0.441 e. The first kappa shape index (κ1) is 21.0. The summed E-state index contributed by atoms with van der Waals surface area (Å²) < 4.78 is 20.1. The Morgan fingerprint density at radius 3 is 2.65 bits per heavy atom. The molecular formula is C22H23FN4O4. The molecule has 1 N–H and O–H groups in total. The predicted octanol–water partition coefficient (Wildman–Crippen LogP) is 1.74. The fraction of sp³-hybridized carbons (Fsp3) is 0.318. The summed E-state index contributed by atoms with van der Waals surface area (Å²) in [7, 11) is 1.73. The average molecular weight is 426 g/mol. The summed E-state index contributed by atoms with van der Waals surface area (Å²) in [5, 5.41) is 14.4. The number of rotatable bonds is 7. The average Bonchev–Trinajstić information content (AvgIpc) is 3.32. The van der Waals surface area contributed by atoms with Gasteiger partial charge in [-0.05, 0) is 25.6 Å². The van der Waals surface area contributed by atoms with Gasteiger partial charge in [-0.2, -0.15) is 0 Å². The molecule has 3 aromatic rings. The van der Waals surface area contributed by atoms with Crippen LogP contribution < -0.4 is 10.7 Å². The van der Waals surface area contributed by atoms with Gasteiger partial charge in [-0.15, -0.1) is 0 Å². The van der Waals surface area contributed by atoms with Crippen LogP contribution in [0.3, 0.4) is 0 Å². The smallest absolute Gasteiger partial charge is 0.390 e. The van der Waals surface area contributed by atoms with Crippen LogP contribution in [0.15, 0.2) is 63.9 Å². The Bertz CT molecular complexity index is 1110. The van der Waals surface area contributed by atoms with Crippen molar-refractivity contribution in [2.24, 2.45) is 0 Å². The van der Waals surface area contributed by atoms with Crippen molar-refractivity contribution >= 4 is 11.6 Å². The number of hydrogen-bond donors (Lipinski definition) is 1. The van der Waals surface area contributed by atoms with E-state index < -0.39 is 23.7 Å². The summed E-state index contributed by atoms with van der Waals surface area (Å²) in [4.78, 5) is 28.1. The summed E-state index contributed by atoms with van der Waals surface area (Å²) in [6, 6.07) is 14.7. The maximum Gasteiger partial charge on any atom is 0.441 e. The van der Waals surface area contributed by atoms with Gasteiger partial charge in [0.2, 0.25) is 5.91 Å². The topological polar surface area (TPSA) is 91.8 Å². The van der Waals surface area contributed by atoms with Gasteiger partial charge in [0.25, 0.3) is 0 Å². The minimum Gasteiger partial charge on any atom is -0.390 e. The molecule has 2 aromatic carbocycles. The lowest BCUT2D eigenvalue weighted by Gasteiger charge is -2.26.